The van der Waals surface area contributed by atoms with E-state index in [0.29, 0.717) is 10.5 Å². The van der Waals surface area contributed by atoms with Crippen molar-refractivity contribution in [3.05, 3.63) is 82.2 Å². The van der Waals surface area contributed by atoms with E-state index in [0.717, 1.165) is 12.5 Å². The lowest BCUT2D eigenvalue weighted by Crippen LogP contribution is -2.63. The van der Waals surface area contributed by atoms with Gasteiger partial charge >= 0.3 is 24.2 Å². The van der Waals surface area contributed by atoms with Crippen molar-refractivity contribution in [2.75, 3.05) is 13.3 Å². The Balaban J connectivity index is 0.00000262. The van der Waals surface area contributed by atoms with Crippen LogP contribution in [0.2, 0.25) is 0 Å². The first-order chi connectivity index (χ1) is 26.3. The molecule has 2 heterocycles. The number of carbonyl (C=O) groups is 4. The van der Waals surface area contributed by atoms with Gasteiger partial charge in [-0.2, -0.15) is 9.59 Å². The second-order valence-electron chi connectivity index (χ2n) is 12.4. The number of esters is 2. The molecule has 19 heteroatoms. The number of hydrogen-bond donors (Lipinski definition) is 1. The van der Waals surface area contributed by atoms with E-state index >= 15 is 0 Å². The monoisotopic (exact) mass is 772 g/mol. The number of nitrogens with zero attached hydrogens (tertiary/aromatic N) is 4. The average molecular weight is 773 g/mol. The maximum absolute atomic E-state index is 12.9. The fourth-order valence-electron chi connectivity index (χ4n) is 5.76. The number of benzene rings is 2. The highest BCUT2D eigenvalue weighted by Crippen LogP contribution is 2.36. The van der Waals surface area contributed by atoms with E-state index in [9.17, 15) is 29.8 Å². The Bertz CT molecular complexity index is 1640. The standard InChI is InChI=1S/C35H44N4O13.CO2/c1-20-28(37-38-36)33(48-19-39(22(3)40)35(44)47-17-26-14-10-7-11-15-26)51-27(18-45-23(4)41)30(20)52-34-32(50-24(5)42)31(29(43)21(2)49-34)46-16-25-12-8-6-9-13-25;2-1-3/h6-15,20-21,27-34,43H,16-19H2,1-5H3;/t20-,21?,27?,28?,29-,30+,31-,32?,33-,34+;/m1./s1. The highest BCUT2D eigenvalue weighted by Gasteiger charge is 2.52. The second kappa shape index (κ2) is 22.2. The molecule has 0 saturated carbocycles. The first-order valence-electron chi connectivity index (χ1n) is 17.1. The lowest BCUT2D eigenvalue weighted by molar-refractivity contribution is -0.343. The summed E-state index contributed by atoms with van der Waals surface area (Å²) in [6.07, 6.45) is -10.0. The van der Waals surface area contributed by atoms with Gasteiger partial charge in [-0.25, -0.2) is 9.69 Å². The summed E-state index contributed by atoms with van der Waals surface area (Å²) < 4.78 is 46.7. The van der Waals surface area contributed by atoms with Crippen molar-refractivity contribution in [2.45, 2.75) is 103 Å². The van der Waals surface area contributed by atoms with Crippen molar-refractivity contribution in [1.29, 1.82) is 0 Å². The van der Waals surface area contributed by atoms with Crippen molar-refractivity contribution in [3.63, 3.8) is 0 Å². The predicted octanol–water partition coefficient (Wildman–Crippen LogP) is 3.17. The Hall–Kier alpha value is -5.23. The number of azide groups is 1. The van der Waals surface area contributed by atoms with Gasteiger partial charge in [-0.05, 0) is 29.5 Å². The zero-order valence-corrected chi connectivity index (χ0v) is 30.8. The summed E-state index contributed by atoms with van der Waals surface area (Å²) in [5, 5.41) is 14.9. The second-order valence-corrected chi connectivity index (χ2v) is 12.4. The molecule has 2 aliphatic rings. The van der Waals surface area contributed by atoms with E-state index in [1.807, 2.05) is 30.3 Å². The molecule has 0 spiro atoms. The molecule has 19 nitrogen and oxygen atoms in total. The number of aliphatic hydroxyl groups is 1. The van der Waals surface area contributed by atoms with Gasteiger partial charge < -0.3 is 43.0 Å². The molecule has 2 fully saturated rings. The van der Waals surface area contributed by atoms with Gasteiger partial charge in [0, 0.05) is 25.7 Å². The van der Waals surface area contributed by atoms with Crippen LogP contribution in [0.1, 0.15) is 45.7 Å². The first-order valence-corrected chi connectivity index (χ1v) is 17.1. The number of aliphatic hydroxyl groups excluding tert-OH is 1. The molecule has 0 aliphatic carbocycles. The van der Waals surface area contributed by atoms with E-state index < -0.39 is 91.8 Å². The third kappa shape index (κ3) is 13.2. The van der Waals surface area contributed by atoms with E-state index in [1.165, 1.54) is 13.8 Å². The number of hydrogen-bond acceptors (Lipinski definition) is 16. The maximum Gasteiger partial charge on any atom is 0.418 e. The van der Waals surface area contributed by atoms with E-state index in [-0.39, 0.29) is 26.0 Å². The van der Waals surface area contributed by atoms with Crippen LogP contribution in [0.25, 0.3) is 10.4 Å². The van der Waals surface area contributed by atoms with Crippen LogP contribution < -0.4 is 0 Å². The van der Waals surface area contributed by atoms with Crippen LogP contribution in [0.15, 0.2) is 65.8 Å². The normalized spacial score (nSPS) is 27.1. The number of rotatable bonds is 14. The molecule has 4 rings (SSSR count). The highest BCUT2D eigenvalue weighted by molar-refractivity contribution is 5.90. The fraction of sp³-hybridized carbons (Fsp3) is 0.528. The summed E-state index contributed by atoms with van der Waals surface area (Å²) in [6.45, 7) is 5.76. The Labute approximate surface area is 316 Å². The Morgan fingerprint density at radius 1 is 0.836 bits per heavy atom. The minimum atomic E-state index is -1.37. The van der Waals surface area contributed by atoms with Crippen LogP contribution >= 0.6 is 0 Å². The van der Waals surface area contributed by atoms with Crippen molar-refractivity contribution in [3.8, 4) is 0 Å². The number of carbonyl (C=O) groups excluding carboxylic acids is 6. The van der Waals surface area contributed by atoms with Gasteiger partial charge in [0.25, 0.3) is 0 Å². The van der Waals surface area contributed by atoms with Crippen molar-refractivity contribution in [2.24, 2.45) is 11.0 Å². The Morgan fingerprint density at radius 3 is 1.98 bits per heavy atom. The minimum absolute atomic E-state index is 0.0762. The fourth-order valence-corrected chi connectivity index (χ4v) is 5.76. The minimum Gasteiger partial charge on any atom is -0.463 e. The Kier molecular flexibility index (Phi) is 17.8. The molecule has 298 valence electrons. The number of amides is 2. The number of imide groups is 1. The largest absolute Gasteiger partial charge is 0.463 e. The predicted molar refractivity (Wildman–Crippen MR) is 183 cm³/mol. The smallest absolute Gasteiger partial charge is 0.418 e. The molecule has 2 aromatic rings. The van der Waals surface area contributed by atoms with Gasteiger partial charge in [0.1, 0.15) is 38.3 Å². The molecule has 0 radical (unpaired) electrons. The summed E-state index contributed by atoms with van der Waals surface area (Å²) in [7, 11) is 0. The Morgan fingerprint density at radius 2 is 1.44 bits per heavy atom. The first kappa shape index (κ1) is 44.2. The molecule has 0 aromatic heterocycles. The van der Waals surface area contributed by atoms with Crippen LogP contribution in [-0.4, -0.2) is 109 Å². The zero-order valence-electron chi connectivity index (χ0n) is 30.8. The summed E-state index contributed by atoms with van der Waals surface area (Å²) in [6, 6.07) is 16.9. The lowest BCUT2D eigenvalue weighted by atomic mass is 9.88. The van der Waals surface area contributed by atoms with Crippen LogP contribution in [0.4, 0.5) is 4.79 Å². The van der Waals surface area contributed by atoms with E-state index in [4.69, 9.17) is 47.5 Å². The molecule has 2 aliphatic heterocycles. The molecule has 2 aromatic carbocycles. The molecule has 4 unspecified atom stereocenters. The maximum atomic E-state index is 12.9. The third-order valence-corrected chi connectivity index (χ3v) is 8.46. The molecule has 2 amide bonds. The van der Waals surface area contributed by atoms with Gasteiger partial charge in [-0.1, -0.05) is 72.7 Å². The van der Waals surface area contributed by atoms with Gasteiger partial charge in [-0.15, -0.1) is 0 Å². The molecular weight excluding hydrogens is 728 g/mol. The highest BCUT2D eigenvalue weighted by atomic mass is 16.7. The molecule has 2 saturated heterocycles. The van der Waals surface area contributed by atoms with Crippen LogP contribution in [0, 0.1) is 5.92 Å². The van der Waals surface area contributed by atoms with Crippen molar-refractivity contribution in [1.82, 2.24) is 4.90 Å². The molecule has 1 N–H and O–H groups in total. The summed E-state index contributed by atoms with van der Waals surface area (Å²) in [5.74, 6) is -2.78. The molecular formula is C36H44N4O15. The zero-order chi connectivity index (χ0) is 40.5. The van der Waals surface area contributed by atoms with Crippen LogP contribution in [0.5, 0.6) is 0 Å². The SMILES string of the molecule is CC(=O)OCC1O[C@@H](OCN(C(C)=O)C(=O)OCc2ccccc2)C(N=[N+]=[N-])[C@@H](C)[C@@H]1O[C@@H]1OC(C)[C@@H](O)[C@@H](OCc2ccccc2)C1OC(C)=O.O=C=O. The quantitative estimate of drug-likeness (QED) is 0.0723. The van der Waals surface area contributed by atoms with Gasteiger partial charge in [0.2, 0.25) is 5.91 Å². The van der Waals surface area contributed by atoms with Crippen LogP contribution in [-0.2, 0) is 75.1 Å². The molecule has 55 heavy (non-hydrogen) atoms. The van der Waals surface area contributed by atoms with E-state index in [1.54, 1.807) is 44.2 Å². The lowest BCUT2D eigenvalue weighted by Gasteiger charge is -2.48. The molecule has 0 bridgehead atoms. The summed E-state index contributed by atoms with van der Waals surface area (Å²) in [5.41, 5.74) is 11.0. The van der Waals surface area contributed by atoms with Crippen molar-refractivity contribution >= 4 is 30.1 Å². The van der Waals surface area contributed by atoms with Crippen LogP contribution in [0.3, 0.4) is 0 Å². The topological polar surface area (TPSA) is 248 Å². The molecule has 10 atom stereocenters. The summed E-state index contributed by atoms with van der Waals surface area (Å²) in [4.78, 5) is 69.4. The average Bonchev–Trinajstić information content (AvgIpc) is 3.15. The number of ether oxygens (including phenoxy) is 8. The van der Waals surface area contributed by atoms with Gasteiger partial charge in [0.15, 0.2) is 18.7 Å². The van der Waals surface area contributed by atoms with Gasteiger partial charge in [-0.3, -0.25) is 14.4 Å². The van der Waals surface area contributed by atoms with Crippen molar-refractivity contribution < 1.29 is 71.8 Å². The third-order valence-electron chi connectivity index (χ3n) is 8.46. The summed E-state index contributed by atoms with van der Waals surface area (Å²) >= 11 is 0. The van der Waals surface area contributed by atoms with Gasteiger partial charge in [0.05, 0.1) is 24.9 Å². The van der Waals surface area contributed by atoms with E-state index in [2.05, 4.69) is 10.0 Å².